The van der Waals surface area contributed by atoms with E-state index >= 15 is 0 Å². The van der Waals surface area contributed by atoms with E-state index in [1.165, 1.54) is 0 Å². The van der Waals surface area contributed by atoms with Crippen LogP contribution < -0.4 is 5.32 Å². The van der Waals surface area contributed by atoms with Gasteiger partial charge in [0, 0.05) is 13.2 Å². The van der Waals surface area contributed by atoms with Crippen molar-refractivity contribution in [2.75, 3.05) is 19.8 Å². The maximum Gasteiger partial charge on any atom is 0.359 e. The molecule has 1 atom stereocenters. The van der Waals surface area contributed by atoms with Crippen molar-refractivity contribution in [3.63, 3.8) is 0 Å². The van der Waals surface area contributed by atoms with Crippen molar-refractivity contribution in [1.29, 1.82) is 0 Å². The van der Waals surface area contributed by atoms with Gasteiger partial charge in [-0.25, -0.2) is 9.78 Å². The van der Waals surface area contributed by atoms with Crippen LogP contribution in [0.1, 0.15) is 23.3 Å². The second-order valence-corrected chi connectivity index (χ2v) is 6.20. The Kier molecular flexibility index (Phi) is 6.73. The third kappa shape index (κ3) is 4.84. The molecule has 6 nitrogen and oxygen atoms in total. The quantitative estimate of drug-likeness (QED) is 0.605. The predicted octanol–water partition coefficient (Wildman–Crippen LogP) is 3.15. The molecule has 23 heavy (non-hydrogen) atoms. The molecule has 0 saturated carbocycles. The van der Waals surface area contributed by atoms with Crippen LogP contribution in [0.3, 0.4) is 0 Å². The van der Waals surface area contributed by atoms with E-state index in [0.29, 0.717) is 13.2 Å². The van der Waals surface area contributed by atoms with Gasteiger partial charge in [-0.05, 0) is 12.8 Å². The molecule has 2 heterocycles. The predicted molar refractivity (Wildman–Crippen MR) is 86.5 cm³/mol. The molecule has 126 valence electrons. The number of esters is 1. The summed E-state index contributed by atoms with van der Waals surface area (Å²) in [5.41, 5.74) is -0.307. The summed E-state index contributed by atoms with van der Waals surface area (Å²) in [7, 11) is 0. The van der Waals surface area contributed by atoms with Crippen LogP contribution >= 0.6 is 46.4 Å². The zero-order valence-corrected chi connectivity index (χ0v) is 14.7. The van der Waals surface area contributed by atoms with Gasteiger partial charge in [0.2, 0.25) is 0 Å². The van der Waals surface area contributed by atoms with Gasteiger partial charge in [0.05, 0.1) is 21.2 Å². The van der Waals surface area contributed by atoms with Crippen molar-refractivity contribution in [2.45, 2.75) is 18.9 Å². The van der Waals surface area contributed by atoms with E-state index in [1.54, 1.807) is 0 Å². The monoisotopic (exact) mass is 400 g/mol. The highest BCUT2D eigenvalue weighted by Crippen LogP contribution is 2.36. The van der Waals surface area contributed by atoms with Gasteiger partial charge >= 0.3 is 5.97 Å². The fourth-order valence-corrected chi connectivity index (χ4v) is 2.71. The first kappa shape index (κ1) is 18.5. The van der Waals surface area contributed by atoms with E-state index < -0.39 is 18.5 Å². The highest BCUT2D eigenvalue weighted by molar-refractivity contribution is 6.52. The number of carbonyl (C=O) groups excluding carboxylic acids is 2. The lowest BCUT2D eigenvalue weighted by Gasteiger charge is -2.11. The molecule has 1 aliphatic rings. The molecule has 1 aliphatic heterocycles. The SMILES string of the molecule is O=C(COC(=O)c1nc(Cl)c(Cl)c(Cl)c1Cl)NC[C@H]1CCCO1. The second kappa shape index (κ2) is 8.35. The number of carbonyl (C=O) groups is 2. The van der Waals surface area contributed by atoms with Gasteiger partial charge in [0.15, 0.2) is 12.3 Å². The summed E-state index contributed by atoms with van der Waals surface area (Å²) in [5, 5.41) is 2.06. The van der Waals surface area contributed by atoms with Crippen LogP contribution in [0.25, 0.3) is 0 Å². The number of ether oxygens (including phenoxy) is 2. The van der Waals surface area contributed by atoms with Crippen molar-refractivity contribution < 1.29 is 19.1 Å². The van der Waals surface area contributed by atoms with Gasteiger partial charge in [-0.1, -0.05) is 46.4 Å². The summed E-state index contributed by atoms with van der Waals surface area (Å²) in [4.78, 5) is 27.3. The molecule has 0 bridgehead atoms. The van der Waals surface area contributed by atoms with E-state index in [0.717, 1.165) is 12.8 Å². The Morgan fingerprint density at radius 3 is 2.61 bits per heavy atom. The summed E-state index contributed by atoms with van der Waals surface area (Å²) < 4.78 is 10.2. The Labute approximate surface area is 152 Å². The molecule has 1 aromatic rings. The van der Waals surface area contributed by atoms with Crippen molar-refractivity contribution in [3.8, 4) is 0 Å². The van der Waals surface area contributed by atoms with Crippen molar-refractivity contribution in [2.24, 2.45) is 0 Å². The molecule has 1 fully saturated rings. The zero-order valence-electron chi connectivity index (χ0n) is 11.7. The number of hydrogen-bond acceptors (Lipinski definition) is 5. The molecule has 1 amide bonds. The van der Waals surface area contributed by atoms with Crippen LogP contribution in [0.2, 0.25) is 20.2 Å². The van der Waals surface area contributed by atoms with Gasteiger partial charge < -0.3 is 14.8 Å². The normalized spacial score (nSPS) is 17.1. The first-order valence-corrected chi connectivity index (χ1v) is 8.16. The topological polar surface area (TPSA) is 77.5 Å². The minimum absolute atomic E-state index is 0.000332. The summed E-state index contributed by atoms with van der Waals surface area (Å²) in [6, 6.07) is 0. The minimum atomic E-state index is -0.928. The van der Waals surface area contributed by atoms with Crippen LogP contribution in [0.15, 0.2) is 0 Å². The smallest absolute Gasteiger partial charge is 0.359 e. The van der Waals surface area contributed by atoms with Crippen molar-refractivity contribution in [3.05, 3.63) is 25.9 Å². The van der Waals surface area contributed by atoms with Crippen LogP contribution in [0, 0.1) is 0 Å². The number of halogens is 4. The first-order chi connectivity index (χ1) is 10.9. The largest absolute Gasteiger partial charge is 0.451 e. The average molecular weight is 402 g/mol. The molecule has 0 aromatic carbocycles. The zero-order chi connectivity index (χ0) is 17.0. The molecule has 1 aromatic heterocycles. The molecule has 0 unspecified atom stereocenters. The van der Waals surface area contributed by atoms with Crippen molar-refractivity contribution >= 4 is 58.3 Å². The minimum Gasteiger partial charge on any atom is -0.451 e. The number of aromatic nitrogens is 1. The second-order valence-electron chi connectivity index (χ2n) is 4.71. The Hall–Kier alpha value is -0.790. The molecular formula is C13H12Cl4N2O4. The number of hydrogen-bond donors (Lipinski definition) is 1. The van der Waals surface area contributed by atoms with Crippen LogP contribution in [-0.4, -0.2) is 42.7 Å². The maximum atomic E-state index is 11.9. The van der Waals surface area contributed by atoms with Gasteiger partial charge in [-0.15, -0.1) is 0 Å². The Morgan fingerprint density at radius 2 is 1.96 bits per heavy atom. The fraction of sp³-hybridized carbons (Fsp3) is 0.462. The van der Waals surface area contributed by atoms with E-state index in [-0.39, 0.29) is 32.0 Å². The molecule has 0 radical (unpaired) electrons. The third-order valence-corrected chi connectivity index (χ3v) is 4.74. The average Bonchev–Trinajstić information content (AvgIpc) is 3.05. The highest BCUT2D eigenvalue weighted by atomic mass is 35.5. The fourth-order valence-electron chi connectivity index (χ4n) is 1.91. The van der Waals surface area contributed by atoms with Gasteiger partial charge in [-0.2, -0.15) is 0 Å². The number of nitrogens with one attached hydrogen (secondary N) is 1. The number of amides is 1. The Bertz CT molecular complexity index is 620. The van der Waals surface area contributed by atoms with Gasteiger partial charge in [0.1, 0.15) is 5.15 Å². The van der Waals surface area contributed by atoms with E-state index in [4.69, 9.17) is 55.9 Å². The standard InChI is InChI=1S/C13H12Cl4N2O4/c14-8-9(15)11(19-12(17)10(8)16)13(21)23-5-7(20)18-4-6-2-1-3-22-6/h6H,1-5H2,(H,18,20)/t6-/m1/s1. The molecule has 1 N–H and O–H groups in total. The highest BCUT2D eigenvalue weighted by Gasteiger charge is 2.22. The number of pyridine rings is 1. The number of nitrogens with zero attached hydrogens (tertiary/aromatic N) is 1. The molecule has 10 heteroatoms. The molecule has 0 spiro atoms. The van der Waals surface area contributed by atoms with Gasteiger partial charge in [-0.3, -0.25) is 4.79 Å². The summed E-state index contributed by atoms with van der Waals surface area (Å²) >= 11 is 23.2. The van der Waals surface area contributed by atoms with E-state index in [1.807, 2.05) is 0 Å². The molecule has 1 saturated heterocycles. The Balaban J connectivity index is 1.88. The van der Waals surface area contributed by atoms with Crippen molar-refractivity contribution in [1.82, 2.24) is 10.3 Å². The van der Waals surface area contributed by atoms with E-state index in [2.05, 4.69) is 10.3 Å². The lowest BCUT2D eigenvalue weighted by molar-refractivity contribution is -0.124. The summed E-state index contributed by atoms with van der Waals surface area (Å²) in [5.74, 6) is -1.39. The molecule has 0 aliphatic carbocycles. The van der Waals surface area contributed by atoms with Crippen LogP contribution in [0.5, 0.6) is 0 Å². The first-order valence-electron chi connectivity index (χ1n) is 6.65. The Morgan fingerprint density at radius 1 is 1.22 bits per heavy atom. The lowest BCUT2D eigenvalue weighted by Crippen LogP contribution is -2.34. The molecule has 2 rings (SSSR count). The van der Waals surface area contributed by atoms with Gasteiger partial charge in [0.25, 0.3) is 5.91 Å². The summed E-state index contributed by atoms with van der Waals surface area (Å²) in [6.45, 7) is 0.577. The van der Waals surface area contributed by atoms with E-state index in [9.17, 15) is 9.59 Å². The lowest BCUT2D eigenvalue weighted by atomic mass is 10.2. The third-order valence-electron chi connectivity index (χ3n) is 3.06. The maximum absolute atomic E-state index is 11.9. The van der Waals surface area contributed by atoms with Crippen LogP contribution in [0.4, 0.5) is 0 Å². The molecular weight excluding hydrogens is 390 g/mol. The van der Waals surface area contributed by atoms with Crippen LogP contribution in [-0.2, 0) is 14.3 Å². The summed E-state index contributed by atoms with van der Waals surface area (Å²) in [6.07, 6.45) is 1.86. The number of rotatable bonds is 5.